The summed E-state index contributed by atoms with van der Waals surface area (Å²) in [5.74, 6) is 21.4. The van der Waals surface area contributed by atoms with Crippen LogP contribution in [0.25, 0.3) is 32.7 Å². The molecular formula is C48H30N2O2. The molecule has 0 aromatic heterocycles. The number of hydrogen-bond donors (Lipinski definition) is 0. The lowest BCUT2D eigenvalue weighted by Crippen LogP contribution is -2.07. The minimum Gasteiger partial charge on any atom is -0.457 e. The average molecular weight is 667 g/mol. The Morgan fingerprint density at radius 2 is 1.06 bits per heavy atom. The van der Waals surface area contributed by atoms with Gasteiger partial charge in [-0.1, -0.05) is 71.9 Å². The summed E-state index contributed by atoms with van der Waals surface area (Å²) in [4.78, 5) is 2.07. The Morgan fingerprint density at radius 3 is 1.73 bits per heavy atom. The Kier molecular flexibility index (Phi) is 8.50. The Bertz CT molecular complexity index is 2740. The zero-order valence-electron chi connectivity index (χ0n) is 28.6. The molecule has 0 spiro atoms. The summed E-state index contributed by atoms with van der Waals surface area (Å²) < 4.78 is 12.6. The molecule has 8 rings (SSSR count). The van der Waals surface area contributed by atoms with Crippen molar-refractivity contribution >= 4 is 27.2 Å². The van der Waals surface area contributed by atoms with Gasteiger partial charge in [0.25, 0.3) is 0 Å². The summed E-state index contributed by atoms with van der Waals surface area (Å²) in [6.07, 6.45) is 0. The van der Waals surface area contributed by atoms with Crippen LogP contribution >= 0.6 is 0 Å². The zero-order valence-corrected chi connectivity index (χ0v) is 28.6. The van der Waals surface area contributed by atoms with E-state index in [4.69, 9.17) is 9.47 Å². The van der Waals surface area contributed by atoms with Gasteiger partial charge in [0.15, 0.2) is 0 Å². The van der Waals surface area contributed by atoms with Crippen LogP contribution in [0, 0.1) is 46.9 Å². The maximum absolute atomic E-state index is 9.26. The standard InChI is InChI=1S/C48H30N2O2/c1-50(2)42-23-17-35(18-24-42)9-13-37-20-26-44-41(29-37)30-40(21-16-34-10-14-38(31-49)15-11-34)48-47(44)46-43-25-19-36(12-8-33-6-4-3-5-7-33)28-39(43)22-27-45(46)51-32-52-48/h3-7,10-11,14-15,17-20,22-30H,32H2,1-2H3. The van der Waals surface area contributed by atoms with Gasteiger partial charge < -0.3 is 14.4 Å². The molecule has 0 radical (unpaired) electrons. The number of nitriles is 1. The fourth-order valence-electron chi connectivity index (χ4n) is 6.29. The summed E-state index contributed by atoms with van der Waals surface area (Å²) >= 11 is 0. The third-order valence-electron chi connectivity index (χ3n) is 8.96. The van der Waals surface area contributed by atoms with Crippen LogP contribution in [0.2, 0.25) is 0 Å². The molecule has 0 saturated heterocycles. The first-order valence-electron chi connectivity index (χ1n) is 16.8. The fourth-order valence-corrected chi connectivity index (χ4v) is 6.29. The SMILES string of the molecule is CN(C)c1ccc(C#Cc2ccc3c4c(c(C#Cc5ccc(C#N)cc5)cc3c2)OCOc2ccc3cc(C#Cc5ccccc5)ccc3c2-4)cc1. The van der Waals surface area contributed by atoms with Gasteiger partial charge in [0.2, 0.25) is 6.79 Å². The van der Waals surface area contributed by atoms with E-state index in [1.165, 1.54) is 0 Å². The second-order valence-electron chi connectivity index (χ2n) is 12.6. The number of fused-ring (bicyclic) bond motifs is 7. The Balaban J connectivity index is 1.29. The van der Waals surface area contributed by atoms with Gasteiger partial charge in [-0.25, -0.2) is 0 Å². The molecule has 1 aliphatic rings. The van der Waals surface area contributed by atoms with E-state index in [2.05, 4.69) is 107 Å². The van der Waals surface area contributed by atoms with Crippen LogP contribution in [0.5, 0.6) is 11.5 Å². The molecule has 0 fully saturated rings. The first-order valence-corrected chi connectivity index (χ1v) is 16.8. The molecule has 7 aromatic rings. The number of anilines is 1. The van der Waals surface area contributed by atoms with Crippen molar-refractivity contribution in [3.05, 3.63) is 172 Å². The van der Waals surface area contributed by atoms with Crippen LogP contribution in [0.15, 0.2) is 133 Å². The Labute approximate surface area is 303 Å². The Hall–Kier alpha value is -7.37. The lowest BCUT2D eigenvalue weighted by Gasteiger charge is -2.16. The molecule has 0 aliphatic carbocycles. The largest absolute Gasteiger partial charge is 0.457 e. The van der Waals surface area contributed by atoms with Crippen molar-refractivity contribution in [3.63, 3.8) is 0 Å². The highest BCUT2D eigenvalue weighted by Crippen LogP contribution is 2.48. The molecule has 0 amide bonds. The lowest BCUT2D eigenvalue weighted by atomic mass is 9.89. The summed E-state index contributed by atoms with van der Waals surface area (Å²) in [5.41, 5.74) is 8.84. The van der Waals surface area contributed by atoms with E-state index in [1.807, 2.05) is 74.8 Å². The van der Waals surface area contributed by atoms with Crippen LogP contribution in [-0.4, -0.2) is 20.9 Å². The molecule has 1 aliphatic heterocycles. The van der Waals surface area contributed by atoms with E-state index in [0.717, 1.165) is 77.5 Å². The Morgan fingerprint density at radius 1 is 0.500 bits per heavy atom. The monoisotopic (exact) mass is 666 g/mol. The second-order valence-corrected chi connectivity index (χ2v) is 12.6. The molecule has 4 heteroatoms. The van der Waals surface area contributed by atoms with Crippen molar-refractivity contribution in [3.8, 4) is 64.2 Å². The fraction of sp³-hybridized carbons (Fsp3) is 0.0625. The van der Waals surface area contributed by atoms with Gasteiger partial charge in [0.05, 0.1) is 17.2 Å². The van der Waals surface area contributed by atoms with Crippen molar-refractivity contribution in [2.24, 2.45) is 0 Å². The molecule has 244 valence electrons. The maximum atomic E-state index is 9.26. The molecule has 1 heterocycles. The zero-order chi connectivity index (χ0) is 35.4. The summed E-state index contributed by atoms with van der Waals surface area (Å²) in [5, 5.41) is 13.3. The van der Waals surface area contributed by atoms with E-state index < -0.39 is 0 Å². The van der Waals surface area contributed by atoms with E-state index in [0.29, 0.717) is 11.3 Å². The van der Waals surface area contributed by atoms with Crippen molar-refractivity contribution in [1.29, 1.82) is 5.26 Å². The number of nitrogens with zero attached hydrogens (tertiary/aromatic N) is 2. The predicted molar refractivity (Wildman–Crippen MR) is 209 cm³/mol. The predicted octanol–water partition coefficient (Wildman–Crippen LogP) is 9.53. The van der Waals surface area contributed by atoms with Crippen molar-refractivity contribution in [1.82, 2.24) is 0 Å². The highest BCUT2D eigenvalue weighted by atomic mass is 16.7. The van der Waals surface area contributed by atoms with Crippen LogP contribution in [0.3, 0.4) is 0 Å². The molecule has 52 heavy (non-hydrogen) atoms. The molecule has 0 N–H and O–H groups in total. The van der Waals surface area contributed by atoms with Gasteiger partial charge in [0.1, 0.15) is 11.5 Å². The van der Waals surface area contributed by atoms with Crippen molar-refractivity contribution < 1.29 is 9.47 Å². The van der Waals surface area contributed by atoms with Crippen LogP contribution in [-0.2, 0) is 0 Å². The molecule has 0 unspecified atom stereocenters. The van der Waals surface area contributed by atoms with E-state index in [9.17, 15) is 5.26 Å². The number of benzene rings is 7. The minimum atomic E-state index is 0.0410. The van der Waals surface area contributed by atoms with Crippen LogP contribution in [0.4, 0.5) is 5.69 Å². The average Bonchev–Trinajstić information content (AvgIpc) is 3.39. The second kappa shape index (κ2) is 13.9. The van der Waals surface area contributed by atoms with Crippen LogP contribution < -0.4 is 14.4 Å². The van der Waals surface area contributed by atoms with Gasteiger partial charge in [-0.15, -0.1) is 0 Å². The van der Waals surface area contributed by atoms with Gasteiger partial charge in [-0.2, -0.15) is 5.26 Å². The topological polar surface area (TPSA) is 45.5 Å². The molecule has 0 atom stereocenters. The number of rotatable bonds is 1. The van der Waals surface area contributed by atoms with E-state index in [-0.39, 0.29) is 6.79 Å². The molecule has 4 nitrogen and oxygen atoms in total. The van der Waals surface area contributed by atoms with Gasteiger partial charge in [-0.05, 0) is 119 Å². The van der Waals surface area contributed by atoms with Crippen molar-refractivity contribution in [2.45, 2.75) is 0 Å². The van der Waals surface area contributed by atoms with Gasteiger partial charge in [0, 0.05) is 58.7 Å². The first-order chi connectivity index (χ1) is 25.5. The molecule has 0 saturated carbocycles. The summed E-state index contributed by atoms with van der Waals surface area (Å²) in [7, 11) is 4.05. The molecule has 7 aromatic carbocycles. The molecule has 0 bridgehead atoms. The van der Waals surface area contributed by atoms with E-state index in [1.54, 1.807) is 12.1 Å². The third-order valence-corrected chi connectivity index (χ3v) is 8.96. The van der Waals surface area contributed by atoms with Gasteiger partial charge in [-0.3, -0.25) is 0 Å². The number of hydrogen-bond acceptors (Lipinski definition) is 4. The van der Waals surface area contributed by atoms with E-state index >= 15 is 0 Å². The van der Waals surface area contributed by atoms with Crippen LogP contribution in [0.1, 0.15) is 38.9 Å². The normalized spacial score (nSPS) is 11.0. The highest BCUT2D eigenvalue weighted by molar-refractivity contribution is 6.11. The smallest absolute Gasteiger partial charge is 0.231 e. The summed E-state index contributed by atoms with van der Waals surface area (Å²) in [6, 6.07) is 46.3. The highest BCUT2D eigenvalue weighted by Gasteiger charge is 2.24. The lowest BCUT2D eigenvalue weighted by molar-refractivity contribution is 0.124. The first kappa shape index (κ1) is 31.9. The molecular weight excluding hydrogens is 637 g/mol. The number of ether oxygens (including phenoxy) is 2. The third kappa shape index (κ3) is 6.50. The minimum absolute atomic E-state index is 0.0410. The maximum Gasteiger partial charge on any atom is 0.231 e. The van der Waals surface area contributed by atoms with Crippen molar-refractivity contribution in [2.75, 3.05) is 25.8 Å². The van der Waals surface area contributed by atoms with Gasteiger partial charge >= 0.3 is 0 Å². The summed E-state index contributed by atoms with van der Waals surface area (Å²) in [6.45, 7) is 0.0410. The quantitative estimate of drug-likeness (QED) is 0.164.